The maximum atomic E-state index is 4.76. The highest BCUT2D eigenvalue weighted by molar-refractivity contribution is 5.73. The molecule has 120 valence electrons. The molecular weight excluding hydrogens is 280 g/mol. The van der Waals surface area contributed by atoms with Crippen molar-refractivity contribution >= 4 is 11.1 Å². The van der Waals surface area contributed by atoms with Crippen LogP contribution in [0.3, 0.4) is 0 Å². The summed E-state index contributed by atoms with van der Waals surface area (Å²) in [6.45, 7) is 14.1. The standard InChI is InChI=1S/C21H26N2/c1-6-17(14-22-7-2)18-9-8-10-19(13-18)21-12-11-20(15(3)4)16(5)23-21/h6,8-13,22H,3,7,14H2,1-2,4-5H3/b17-6+. The first-order chi connectivity index (χ1) is 11.1. The largest absolute Gasteiger partial charge is 0.313 e. The molecule has 0 saturated heterocycles. The van der Waals surface area contributed by atoms with Crippen molar-refractivity contribution < 1.29 is 0 Å². The Kier molecular flexibility index (Phi) is 5.89. The Bertz CT molecular complexity index is 726. The molecular formula is C21H26N2. The van der Waals surface area contributed by atoms with Gasteiger partial charge in [0.25, 0.3) is 0 Å². The summed E-state index contributed by atoms with van der Waals surface area (Å²) in [6.07, 6.45) is 2.17. The third-order valence-electron chi connectivity index (χ3n) is 3.99. The van der Waals surface area contributed by atoms with Gasteiger partial charge in [-0.25, -0.2) is 0 Å². The quantitative estimate of drug-likeness (QED) is 0.803. The van der Waals surface area contributed by atoms with Gasteiger partial charge in [0.05, 0.1) is 5.69 Å². The van der Waals surface area contributed by atoms with Gasteiger partial charge in [0.2, 0.25) is 0 Å². The number of hydrogen-bond acceptors (Lipinski definition) is 2. The lowest BCUT2D eigenvalue weighted by molar-refractivity contribution is 0.807. The van der Waals surface area contributed by atoms with E-state index in [4.69, 9.17) is 4.98 Å². The van der Waals surface area contributed by atoms with E-state index in [2.05, 4.69) is 68.2 Å². The Morgan fingerprint density at radius 2 is 2.04 bits per heavy atom. The van der Waals surface area contributed by atoms with Gasteiger partial charge in [0.1, 0.15) is 0 Å². The molecule has 1 aromatic heterocycles. The van der Waals surface area contributed by atoms with Gasteiger partial charge in [-0.05, 0) is 61.7 Å². The molecule has 2 nitrogen and oxygen atoms in total. The van der Waals surface area contributed by atoms with E-state index in [-0.39, 0.29) is 0 Å². The Morgan fingerprint density at radius 1 is 1.26 bits per heavy atom. The summed E-state index contributed by atoms with van der Waals surface area (Å²) in [5, 5.41) is 3.39. The Morgan fingerprint density at radius 3 is 2.65 bits per heavy atom. The lowest BCUT2D eigenvalue weighted by Gasteiger charge is -2.11. The number of allylic oxidation sites excluding steroid dienone is 2. The number of benzene rings is 1. The first-order valence-electron chi connectivity index (χ1n) is 8.17. The van der Waals surface area contributed by atoms with Crippen LogP contribution in [0.5, 0.6) is 0 Å². The minimum atomic E-state index is 0.886. The van der Waals surface area contributed by atoms with Crippen molar-refractivity contribution in [1.29, 1.82) is 0 Å². The van der Waals surface area contributed by atoms with Crippen LogP contribution in [-0.2, 0) is 0 Å². The van der Waals surface area contributed by atoms with Crippen molar-refractivity contribution in [1.82, 2.24) is 10.3 Å². The van der Waals surface area contributed by atoms with E-state index < -0.39 is 0 Å². The van der Waals surface area contributed by atoms with Crippen LogP contribution in [0.1, 0.15) is 37.6 Å². The lowest BCUT2D eigenvalue weighted by Crippen LogP contribution is -2.15. The van der Waals surface area contributed by atoms with Crippen LogP contribution in [0, 0.1) is 6.92 Å². The van der Waals surface area contributed by atoms with E-state index in [1.54, 1.807) is 0 Å². The smallest absolute Gasteiger partial charge is 0.0705 e. The van der Waals surface area contributed by atoms with Gasteiger partial charge >= 0.3 is 0 Å². The topological polar surface area (TPSA) is 24.9 Å². The molecule has 1 aromatic carbocycles. The van der Waals surface area contributed by atoms with Gasteiger partial charge in [-0.1, -0.05) is 43.8 Å². The van der Waals surface area contributed by atoms with Gasteiger partial charge in [0.15, 0.2) is 0 Å². The van der Waals surface area contributed by atoms with Gasteiger partial charge in [-0.15, -0.1) is 0 Å². The number of nitrogens with one attached hydrogen (secondary N) is 1. The van der Waals surface area contributed by atoms with Crippen molar-refractivity contribution in [3.63, 3.8) is 0 Å². The van der Waals surface area contributed by atoms with Gasteiger partial charge in [-0.3, -0.25) is 4.98 Å². The second kappa shape index (κ2) is 7.89. The summed E-state index contributed by atoms with van der Waals surface area (Å²) in [5.74, 6) is 0. The van der Waals surface area contributed by atoms with E-state index in [9.17, 15) is 0 Å². The monoisotopic (exact) mass is 306 g/mol. The molecule has 0 unspecified atom stereocenters. The third kappa shape index (κ3) is 4.17. The Labute approximate surface area is 140 Å². The summed E-state index contributed by atoms with van der Waals surface area (Å²) >= 11 is 0. The highest BCUT2D eigenvalue weighted by atomic mass is 14.8. The maximum absolute atomic E-state index is 4.76. The first-order valence-corrected chi connectivity index (χ1v) is 8.17. The van der Waals surface area contributed by atoms with Crippen molar-refractivity contribution in [3.8, 4) is 11.3 Å². The molecule has 0 aliphatic rings. The van der Waals surface area contributed by atoms with E-state index in [0.29, 0.717) is 0 Å². The summed E-state index contributed by atoms with van der Waals surface area (Å²) < 4.78 is 0. The molecule has 2 aromatic rings. The molecule has 23 heavy (non-hydrogen) atoms. The highest BCUT2D eigenvalue weighted by Gasteiger charge is 2.07. The fraction of sp³-hybridized carbons (Fsp3) is 0.286. The van der Waals surface area contributed by atoms with Crippen LogP contribution in [0.2, 0.25) is 0 Å². The molecule has 1 N–H and O–H groups in total. The molecule has 0 radical (unpaired) electrons. The van der Waals surface area contributed by atoms with Gasteiger partial charge in [-0.2, -0.15) is 0 Å². The SMILES string of the molecule is C=C(C)c1ccc(-c2cccc(/C(=C/C)CNCC)c2)nc1C. The lowest BCUT2D eigenvalue weighted by atomic mass is 10.00. The number of aryl methyl sites for hydroxylation is 1. The summed E-state index contributed by atoms with van der Waals surface area (Å²) in [4.78, 5) is 4.76. The minimum absolute atomic E-state index is 0.886. The van der Waals surface area contributed by atoms with Crippen LogP contribution in [-0.4, -0.2) is 18.1 Å². The fourth-order valence-corrected chi connectivity index (χ4v) is 2.68. The number of nitrogens with zero attached hydrogens (tertiary/aromatic N) is 1. The minimum Gasteiger partial charge on any atom is -0.313 e. The van der Waals surface area contributed by atoms with Gasteiger partial charge in [0, 0.05) is 17.8 Å². The van der Waals surface area contributed by atoms with Crippen LogP contribution in [0.15, 0.2) is 49.1 Å². The first kappa shape index (κ1) is 17.2. The van der Waals surface area contributed by atoms with Crippen molar-refractivity contribution in [2.24, 2.45) is 0 Å². The molecule has 0 spiro atoms. The average molecular weight is 306 g/mol. The highest BCUT2D eigenvalue weighted by Crippen LogP contribution is 2.25. The Hall–Kier alpha value is -2.19. The Balaban J connectivity index is 2.36. The number of likely N-dealkylation sites (N-methyl/N-ethyl adjacent to an activating group) is 1. The molecule has 0 amide bonds. The third-order valence-corrected chi connectivity index (χ3v) is 3.99. The summed E-state index contributed by atoms with van der Waals surface area (Å²) in [6, 6.07) is 12.8. The molecule has 0 aliphatic heterocycles. The van der Waals surface area contributed by atoms with Crippen LogP contribution >= 0.6 is 0 Å². The predicted molar refractivity (Wildman–Crippen MR) is 101 cm³/mol. The van der Waals surface area contributed by atoms with E-state index >= 15 is 0 Å². The molecule has 0 bridgehead atoms. The van der Waals surface area contributed by atoms with Crippen molar-refractivity contribution in [3.05, 3.63) is 65.9 Å². The predicted octanol–water partition coefficient (Wildman–Crippen LogP) is 5.10. The molecule has 0 saturated carbocycles. The van der Waals surface area contributed by atoms with Crippen LogP contribution in [0.25, 0.3) is 22.4 Å². The van der Waals surface area contributed by atoms with Crippen molar-refractivity contribution in [2.45, 2.75) is 27.7 Å². The van der Waals surface area contributed by atoms with E-state index in [1.807, 2.05) is 13.8 Å². The van der Waals surface area contributed by atoms with E-state index in [0.717, 1.165) is 41.2 Å². The number of aromatic nitrogens is 1. The van der Waals surface area contributed by atoms with Crippen LogP contribution in [0.4, 0.5) is 0 Å². The maximum Gasteiger partial charge on any atom is 0.0705 e. The summed E-state index contributed by atoms with van der Waals surface area (Å²) in [7, 11) is 0. The zero-order valence-corrected chi connectivity index (χ0v) is 14.6. The second-order valence-corrected chi connectivity index (χ2v) is 5.78. The fourth-order valence-electron chi connectivity index (χ4n) is 2.68. The molecule has 2 heteroatoms. The normalized spacial score (nSPS) is 11.6. The zero-order valence-electron chi connectivity index (χ0n) is 14.6. The van der Waals surface area contributed by atoms with Gasteiger partial charge < -0.3 is 5.32 Å². The number of pyridine rings is 1. The second-order valence-electron chi connectivity index (χ2n) is 5.78. The average Bonchev–Trinajstić information content (AvgIpc) is 2.55. The molecule has 0 atom stereocenters. The molecule has 0 aliphatic carbocycles. The zero-order chi connectivity index (χ0) is 16.8. The van der Waals surface area contributed by atoms with Crippen molar-refractivity contribution in [2.75, 3.05) is 13.1 Å². The number of rotatable bonds is 6. The van der Waals surface area contributed by atoms with E-state index in [1.165, 1.54) is 11.1 Å². The molecule has 0 fully saturated rings. The van der Waals surface area contributed by atoms with Crippen LogP contribution < -0.4 is 5.32 Å². The molecule has 1 heterocycles. The summed E-state index contributed by atoms with van der Waals surface area (Å²) in [5.41, 5.74) is 7.92. The molecule has 2 rings (SSSR count). The number of hydrogen-bond donors (Lipinski definition) is 1.